The van der Waals surface area contributed by atoms with Crippen LogP contribution in [0.15, 0.2) is 54.6 Å². The van der Waals surface area contributed by atoms with E-state index in [0.717, 1.165) is 11.1 Å². The Morgan fingerprint density at radius 3 is 2.32 bits per heavy atom. The summed E-state index contributed by atoms with van der Waals surface area (Å²) in [4.78, 5) is 12.2. The molecule has 2 rings (SSSR count). The molecule has 4 heteroatoms. The van der Waals surface area contributed by atoms with Gasteiger partial charge in [-0.15, -0.1) is 0 Å². The van der Waals surface area contributed by atoms with Crippen molar-refractivity contribution in [1.29, 1.82) is 0 Å². The van der Waals surface area contributed by atoms with Crippen LogP contribution in [0.1, 0.15) is 37.8 Å². The molecule has 134 valence electrons. The number of rotatable bonds is 8. The first-order valence-electron chi connectivity index (χ1n) is 8.65. The zero-order valence-corrected chi connectivity index (χ0v) is 14.9. The molecule has 0 heterocycles. The Labute approximate surface area is 149 Å². The molecule has 1 atom stereocenters. The molecule has 0 fully saturated rings. The summed E-state index contributed by atoms with van der Waals surface area (Å²) in [5.41, 5.74) is 7.35. The van der Waals surface area contributed by atoms with Gasteiger partial charge in [0.1, 0.15) is 6.61 Å². The van der Waals surface area contributed by atoms with Crippen molar-refractivity contribution in [1.82, 2.24) is 0 Å². The number of benzene rings is 2. The molecule has 2 aromatic carbocycles. The Hall–Kier alpha value is -2.33. The van der Waals surface area contributed by atoms with E-state index in [1.54, 1.807) is 0 Å². The Bertz CT molecular complexity index is 667. The van der Waals surface area contributed by atoms with E-state index in [9.17, 15) is 9.90 Å². The number of nitrogen functional groups attached to an aromatic ring is 1. The number of esters is 1. The number of carbonyl (C=O) groups excluding carboxylic acids is 1. The van der Waals surface area contributed by atoms with Crippen LogP contribution in [0.2, 0.25) is 0 Å². The van der Waals surface area contributed by atoms with Crippen molar-refractivity contribution in [3.8, 4) is 0 Å². The molecule has 0 amide bonds. The van der Waals surface area contributed by atoms with Gasteiger partial charge in [-0.25, -0.2) is 0 Å². The van der Waals surface area contributed by atoms with Crippen LogP contribution in [0, 0.1) is 5.92 Å². The first-order chi connectivity index (χ1) is 11.9. The standard InChI is InChI=1S/C21H27NO3/c1-16(2)21(24,13-12-17-8-10-19(22)11-9-17)14-20(23)25-15-18-6-4-3-5-7-18/h3-11,16,24H,12-15,22H2,1-2H3. The molecule has 0 spiro atoms. The van der Waals surface area contributed by atoms with Gasteiger partial charge in [0.25, 0.3) is 0 Å². The first kappa shape index (κ1) is 19.0. The van der Waals surface area contributed by atoms with E-state index in [2.05, 4.69) is 0 Å². The Morgan fingerprint density at radius 2 is 1.72 bits per heavy atom. The average molecular weight is 341 g/mol. The number of hydrogen-bond donors (Lipinski definition) is 2. The van der Waals surface area contributed by atoms with E-state index in [0.29, 0.717) is 18.5 Å². The van der Waals surface area contributed by atoms with E-state index >= 15 is 0 Å². The minimum atomic E-state index is -1.09. The third-order valence-electron chi connectivity index (χ3n) is 4.59. The third-order valence-corrected chi connectivity index (χ3v) is 4.59. The second-order valence-corrected chi connectivity index (χ2v) is 6.82. The molecule has 4 nitrogen and oxygen atoms in total. The Kier molecular flexibility index (Phi) is 6.59. The van der Waals surface area contributed by atoms with E-state index in [4.69, 9.17) is 10.5 Å². The molecule has 25 heavy (non-hydrogen) atoms. The molecule has 0 aromatic heterocycles. The van der Waals surface area contributed by atoms with Gasteiger partial charge in [0.2, 0.25) is 0 Å². The zero-order valence-electron chi connectivity index (χ0n) is 14.9. The number of ether oxygens (including phenoxy) is 1. The first-order valence-corrected chi connectivity index (χ1v) is 8.65. The lowest BCUT2D eigenvalue weighted by atomic mass is 9.82. The van der Waals surface area contributed by atoms with E-state index in [-0.39, 0.29) is 24.9 Å². The van der Waals surface area contributed by atoms with Gasteiger partial charge < -0.3 is 15.6 Å². The lowest BCUT2D eigenvalue weighted by molar-refractivity contribution is -0.153. The number of nitrogens with two attached hydrogens (primary N) is 1. The van der Waals surface area contributed by atoms with E-state index in [1.807, 2.05) is 68.4 Å². The van der Waals surface area contributed by atoms with Crippen molar-refractivity contribution >= 4 is 11.7 Å². The normalized spacial score (nSPS) is 13.4. The van der Waals surface area contributed by atoms with Crippen molar-refractivity contribution in [2.45, 2.75) is 45.3 Å². The highest BCUT2D eigenvalue weighted by Gasteiger charge is 2.34. The summed E-state index contributed by atoms with van der Waals surface area (Å²) in [6.45, 7) is 4.08. The molecule has 3 N–H and O–H groups in total. The maximum absolute atomic E-state index is 12.2. The van der Waals surface area contributed by atoms with E-state index in [1.165, 1.54) is 0 Å². The van der Waals surface area contributed by atoms with Gasteiger partial charge in [0.15, 0.2) is 0 Å². The minimum absolute atomic E-state index is 0.00747. The fraction of sp³-hybridized carbons (Fsp3) is 0.381. The molecule has 1 unspecified atom stereocenters. The number of anilines is 1. The third kappa shape index (κ3) is 5.91. The summed E-state index contributed by atoms with van der Waals surface area (Å²) < 4.78 is 5.33. The molecular weight excluding hydrogens is 314 g/mol. The molecule has 0 saturated carbocycles. The van der Waals surface area contributed by atoms with Crippen molar-refractivity contribution in [2.75, 3.05) is 5.73 Å². The quantitative estimate of drug-likeness (QED) is 0.567. The summed E-state index contributed by atoms with van der Waals surface area (Å²) in [7, 11) is 0. The molecule has 0 saturated heterocycles. The zero-order chi connectivity index (χ0) is 18.3. The lowest BCUT2D eigenvalue weighted by Gasteiger charge is -2.31. The molecule has 0 aliphatic carbocycles. The summed E-state index contributed by atoms with van der Waals surface area (Å²) in [5.74, 6) is -0.428. The fourth-order valence-electron chi connectivity index (χ4n) is 2.67. The summed E-state index contributed by atoms with van der Waals surface area (Å²) in [6.07, 6.45) is 1.17. The monoisotopic (exact) mass is 341 g/mol. The van der Waals surface area contributed by atoms with Crippen molar-refractivity contribution < 1.29 is 14.6 Å². The van der Waals surface area contributed by atoms with Crippen LogP contribution in [0.5, 0.6) is 0 Å². The lowest BCUT2D eigenvalue weighted by Crippen LogP contribution is -2.38. The highest BCUT2D eigenvalue weighted by molar-refractivity contribution is 5.70. The number of aryl methyl sites for hydroxylation is 1. The number of aliphatic hydroxyl groups is 1. The SMILES string of the molecule is CC(C)C(O)(CCc1ccc(N)cc1)CC(=O)OCc1ccccc1. The number of carbonyl (C=O) groups is 1. The molecule has 0 aliphatic rings. The predicted molar refractivity (Wildman–Crippen MR) is 99.8 cm³/mol. The number of hydrogen-bond acceptors (Lipinski definition) is 4. The molecule has 0 aliphatic heterocycles. The molecule has 0 bridgehead atoms. The van der Waals surface area contributed by atoms with Crippen LogP contribution in [-0.2, 0) is 22.6 Å². The highest BCUT2D eigenvalue weighted by Crippen LogP contribution is 2.28. The molecular formula is C21H27NO3. The largest absolute Gasteiger partial charge is 0.461 e. The summed E-state index contributed by atoms with van der Waals surface area (Å²) in [5, 5.41) is 10.9. The van der Waals surface area contributed by atoms with Gasteiger partial charge in [0, 0.05) is 5.69 Å². The highest BCUT2D eigenvalue weighted by atomic mass is 16.5. The van der Waals surface area contributed by atoms with Gasteiger partial charge in [0.05, 0.1) is 12.0 Å². The second kappa shape index (κ2) is 8.67. The van der Waals surface area contributed by atoms with Crippen LogP contribution >= 0.6 is 0 Å². The minimum Gasteiger partial charge on any atom is -0.461 e. The average Bonchev–Trinajstić information content (AvgIpc) is 2.60. The second-order valence-electron chi connectivity index (χ2n) is 6.82. The van der Waals surface area contributed by atoms with Gasteiger partial charge >= 0.3 is 5.97 Å². The van der Waals surface area contributed by atoms with Crippen LogP contribution in [-0.4, -0.2) is 16.7 Å². The van der Waals surface area contributed by atoms with Gasteiger partial charge in [-0.3, -0.25) is 4.79 Å². The fourth-order valence-corrected chi connectivity index (χ4v) is 2.67. The molecule has 0 radical (unpaired) electrons. The Balaban J connectivity index is 1.91. The summed E-state index contributed by atoms with van der Waals surface area (Å²) in [6, 6.07) is 17.1. The van der Waals surface area contributed by atoms with Crippen molar-refractivity contribution in [3.63, 3.8) is 0 Å². The van der Waals surface area contributed by atoms with Crippen LogP contribution in [0.4, 0.5) is 5.69 Å². The van der Waals surface area contributed by atoms with Crippen molar-refractivity contribution in [2.24, 2.45) is 5.92 Å². The summed E-state index contributed by atoms with van der Waals surface area (Å²) >= 11 is 0. The predicted octanol–water partition coefficient (Wildman–Crippen LogP) is 3.72. The van der Waals surface area contributed by atoms with Gasteiger partial charge in [-0.1, -0.05) is 56.3 Å². The Morgan fingerprint density at radius 1 is 1.08 bits per heavy atom. The van der Waals surface area contributed by atoms with Gasteiger partial charge in [-0.05, 0) is 42.0 Å². The molecule has 2 aromatic rings. The topological polar surface area (TPSA) is 72.5 Å². The van der Waals surface area contributed by atoms with E-state index < -0.39 is 5.60 Å². The smallest absolute Gasteiger partial charge is 0.309 e. The van der Waals surface area contributed by atoms with Crippen molar-refractivity contribution in [3.05, 3.63) is 65.7 Å². The van der Waals surface area contributed by atoms with Crippen LogP contribution < -0.4 is 5.73 Å². The van der Waals surface area contributed by atoms with Crippen LogP contribution in [0.25, 0.3) is 0 Å². The van der Waals surface area contributed by atoms with Gasteiger partial charge in [-0.2, -0.15) is 0 Å². The maximum Gasteiger partial charge on any atom is 0.309 e. The van der Waals surface area contributed by atoms with Crippen LogP contribution in [0.3, 0.4) is 0 Å². The maximum atomic E-state index is 12.2.